The standard InChI is InChI=1S/C20H20F6N4O2.C5H4F3N3O/c1-30(5-3-2-4-6-32-19(22)23)12-29-16-8-14(15(21)7-13(16)11-31)17-9-28-18(10-27-17)20(24,25)26;6-5(7,8)3-2(9)1-10-11-4(3)12/h7-12,19H,2-6H2,1H3;1H,(H3,9,11,12). The molecule has 0 radical (unpaired) electrons. The Morgan fingerprint density at radius 3 is 2.27 bits per heavy atom. The Morgan fingerprint density at radius 1 is 1.05 bits per heavy atom. The summed E-state index contributed by atoms with van der Waals surface area (Å²) in [5.41, 5.74) is 0.00473. The second-order valence-corrected chi connectivity index (χ2v) is 8.74. The molecule has 0 amide bonds. The first kappa shape index (κ1) is 35.6. The van der Waals surface area contributed by atoms with Crippen LogP contribution < -0.4 is 11.3 Å². The molecule has 2 heterocycles. The number of ether oxygens (including phenoxy) is 1. The van der Waals surface area contributed by atoms with Crippen molar-refractivity contribution in [2.24, 2.45) is 4.99 Å². The number of hydrogen-bond acceptors (Lipinski definition) is 8. The molecule has 3 rings (SSSR count). The number of anilines is 1. The number of carbonyl (C=O) groups excluding carboxylic acids is 1. The molecule has 1 aromatic carbocycles. The van der Waals surface area contributed by atoms with Gasteiger partial charge in [0.1, 0.15) is 11.4 Å². The molecule has 3 N–H and O–H groups in total. The van der Waals surface area contributed by atoms with E-state index in [1.54, 1.807) is 17.0 Å². The number of aliphatic imine (C=N–C) groups is 1. The third-order valence-electron chi connectivity index (χ3n) is 5.42. The van der Waals surface area contributed by atoms with E-state index in [2.05, 4.69) is 24.8 Å². The van der Waals surface area contributed by atoms with Gasteiger partial charge in [-0.3, -0.25) is 14.6 Å². The van der Waals surface area contributed by atoms with Crippen LogP contribution >= 0.6 is 0 Å². The first-order chi connectivity index (χ1) is 20.5. The number of benzene rings is 1. The normalized spacial score (nSPS) is 11.9. The highest BCUT2D eigenvalue weighted by Gasteiger charge is 2.36. The molecule has 3 aromatic rings. The van der Waals surface area contributed by atoms with Gasteiger partial charge in [0.05, 0.1) is 48.6 Å². The second-order valence-electron chi connectivity index (χ2n) is 8.74. The summed E-state index contributed by atoms with van der Waals surface area (Å²) in [6.07, 6.45) is -3.79. The van der Waals surface area contributed by atoms with Crippen molar-refractivity contribution >= 4 is 24.0 Å². The Kier molecular flexibility index (Phi) is 12.8. The van der Waals surface area contributed by atoms with Gasteiger partial charge in [-0.25, -0.2) is 19.5 Å². The zero-order valence-corrected chi connectivity index (χ0v) is 22.6. The van der Waals surface area contributed by atoms with E-state index in [1.165, 1.54) is 12.4 Å². The number of nitrogens with zero attached hydrogens (tertiary/aromatic N) is 5. The van der Waals surface area contributed by atoms with Crippen molar-refractivity contribution in [1.82, 2.24) is 25.1 Å². The molecule has 0 saturated carbocycles. The van der Waals surface area contributed by atoms with Crippen molar-refractivity contribution in [2.75, 3.05) is 25.9 Å². The lowest BCUT2D eigenvalue weighted by molar-refractivity contribution is -0.141. The van der Waals surface area contributed by atoms with Crippen molar-refractivity contribution in [3.05, 3.63) is 63.7 Å². The highest BCUT2D eigenvalue weighted by molar-refractivity contribution is 5.86. The summed E-state index contributed by atoms with van der Waals surface area (Å²) in [4.78, 5) is 34.5. The topological polar surface area (TPSA) is 139 Å². The fraction of sp³-hybridized carbons (Fsp3) is 0.360. The molecule has 0 spiro atoms. The number of unbranched alkanes of at least 4 members (excludes halogenated alkanes) is 2. The van der Waals surface area contributed by atoms with Crippen molar-refractivity contribution < 1.29 is 49.0 Å². The summed E-state index contributed by atoms with van der Waals surface area (Å²) in [5.74, 6) is -0.862. The van der Waals surface area contributed by atoms with E-state index in [0.29, 0.717) is 38.3 Å². The predicted octanol–water partition coefficient (Wildman–Crippen LogP) is 5.49. The van der Waals surface area contributed by atoms with E-state index >= 15 is 0 Å². The lowest BCUT2D eigenvalue weighted by Gasteiger charge is -2.13. The van der Waals surface area contributed by atoms with Gasteiger partial charge in [0, 0.05) is 24.7 Å². The van der Waals surface area contributed by atoms with E-state index in [-0.39, 0.29) is 29.1 Å². The second kappa shape index (κ2) is 15.8. The summed E-state index contributed by atoms with van der Waals surface area (Å²) in [7, 11) is 1.70. The molecule has 0 saturated heterocycles. The molecule has 19 heteroatoms. The molecule has 240 valence electrons. The third-order valence-corrected chi connectivity index (χ3v) is 5.42. The maximum Gasteiger partial charge on any atom is 0.434 e. The number of nitrogen functional groups attached to an aromatic ring is 1. The fourth-order valence-electron chi connectivity index (χ4n) is 3.33. The van der Waals surface area contributed by atoms with E-state index in [0.717, 1.165) is 18.5 Å². The average molecular weight is 641 g/mol. The molecule has 0 aliphatic heterocycles. The van der Waals surface area contributed by atoms with Gasteiger partial charge < -0.3 is 15.4 Å². The monoisotopic (exact) mass is 641 g/mol. The number of hydrogen-bond donors (Lipinski definition) is 2. The van der Waals surface area contributed by atoms with Crippen LogP contribution in [0.5, 0.6) is 0 Å². The van der Waals surface area contributed by atoms with Gasteiger partial charge in [-0.05, 0) is 31.4 Å². The maximum atomic E-state index is 14.4. The molecule has 0 atom stereocenters. The van der Waals surface area contributed by atoms with Crippen LogP contribution in [0, 0.1) is 5.82 Å². The van der Waals surface area contributed by atoms with Crippen molar-refractivity contribution in [2.45, 2.75) is 38.2 Å². The number of rotatable bonds is 11. The first-order valence-corrected chi connectivity index (χ1v) is 12.3. The van der Waals surface area contributed by atoms with E-state index in [4.69, 9.17) is 5.73 Å². The number of H-pyrrole nitrogens is 1. The van der Waals surface area contributed by atoms with Crippen molar-refractivity contribution in [3.63, 3.8) is 0 Å². The van der Waals surface area contributed by atoms with Gasteiger partial charge in [0.15, 0.2) is 12.0 Å². The average Bonchev–Trinajstić information content (AvgIpc) is 2.93. The molecule has 10 nitrogen and oxygen atoms in total. The summed E-state index contributed by atoms with van der Waals surface area (Å²) in [6, 6.07) is 2.11. The zero-order valence-electron chi connectivity index (χ0n) is 22.6. The van der Waals surface area contributed by atoms with Gasteiger partial charge in [-0.2, -0.15) is 40.2 Å². The van der Waals surface area contributed by atoms with E-state index in [1.807, 2.05) is 0 Å². The van der Waals surface area contributed by atoms with Gasteiger partial charge >= 0.3 is 19.0 Å². The van der Waals surface area contributed by atoms with Crippen LogP contribution in [0.15, 0.2) is 40.5 Å². The number of halogens is 9. The van der Waals surface area contributed by atoms with Gasteiger partial charge in [0.25, 0.3) is 5.56 Å². The predicted molar refractivity (Wildman–Crippen MR) is 139 cm³/mol. The molecule has 2 aromatic heterocycles. The minimum Gasteiger partial charge on any atom is -0.397 e. The van der Waals surface area contributed by atoms with Crippen LogP contribution in [-0.4, -0.2) is 64.5 Å². The first-order valence-electron chi connectivity index (χ1n) is 12.3. The van der Waals surface area contributed by atoms with Crippen LogP contribution in [0.1, 0.15) is 40.9 Å². The smallest absolute Gasteiger partial charge is 0.397 e. The number of nitrogens with one attached hydrogen (secondary N) is 1. The Hall–Kier alpha value is -4.55. The minimum absolute atomic E-state index is 0.0383. The molecular weight excluding hydrogens is 617 g/mol. The molecule has 0 aliphatic carbocycles. The zero-order chi connectivity index (χ0) is 33.1. The molecule has 0 fully saturated rings. The Bertz CT molecular complexity index is 1460. The van der Waals surface area contributed by atoms with Crippen LogP contribution in [0.4, 0.5) is 50.9 Å². The summed E-state index contributed by atoms with van der Waals surface area (Å²) >= 11 is 0. The number of aldehydes is 1. The van der Waals surface area contributed by atoms with E-state index < -0.39 is 47.3 Å². The summed E-state index contributed by atoms with van der Waals surface area (Å²) < 4.78 is 116. The van der Waals surface area contributed by atoms with Crippen LogP contribution in [0.25, 0.3) is 11.3 Å². The van der Waals surface area contributed by atoms with E-state index in [9.17, 15) is 49.1 Å². The number of carbonyl (C=O) groups is 1. The van der Waals surface area contributed by atoms with Crippen molar-refractivity contribution in [3.8, 4) is 11.3 Å². The number of aromatic nitrogens is 4. The molecular formula is C25H24F9N7O3. The number of aromatic amines is 1. The lowest BCUT2D eigenvalue weighted by Crippen LogP contribution is -2.24. The summed E-state index contributed by atoms with van der Waals surface area (Å²) in [5, 5.41) is 4.74. The highest BCUT2D eigenvalue weighted by Crippen LogP contribution is 2.31. The fourth-order valence-corrected chi connectivity index (χ4v) is 3.33. The van der Waals surface area contributed by atoms with Crippen LogP contribution in [0.3, 0.4) is 0 Å². The quantitative estimate of drug-likeness (QED) is 0.0922. The van der Waals surface area contributed by atoms with Crippen molar-refractivity contribution in [1.29, 1.82) is 0 Å². The minimum atomic E-state index is -4.74. The van der Waals surface area contributed by atoms with Gasteiger partial charge in [0.2, 0.25) is 0 Å². The molecule has 44 heavy (non-hydrogen) atoms. The number of nitrogens with two attached hydrogens (primary N) is 1. The number of alkyl halides is 8. The summed E-state index contributed by atoms with van der Waals surface area (Å²) in [6.45, 7) is -2.29. The molecule has 0 bridgehead atoms. The Morgan fingerprint density at radius 2 is 1.75 bits per heavy atom. The lowest BCUT2D eigenvalue weighted by atomic mass is 10.1. The van der Waals surface area contributed by atoms with Gasteiger partial charge in [-0.15, -0.1) is 0 Å². The van der Waals surface area contributed by atoms with Gasteiger partial charge in [-0.1, -0.05) is 0 Å². The van der Waals surface area contributed by atoms with Crippen LogP contribution in [0.2, 0.25) is 0 Å². The Balaban J connectivity index is 0.000000469. The maximum absolute atomic E-state index is 14.4. The SMILES string of the molecule is CN(C=Nc1cc(-c2cnc(C(F)(F)F)cn2)c(F)cc1C=O)CCCCCOC(F)F.Nc1cn[nH]c(=O)c1C(F)(F)F. The highest BCUT2D eigenvalue weighted by atomic mass is 19.4. The van der Waals surface area contributed by atoms with Crippen LogP contribution in [-0.2, 0) is 17.1 Å². The molecule has 0 aliphatic rings. The molecule has 0 unspecified atom stereocenters. The third kappa shape index (κ3) is 10.9. The Labute approximate surface area is 242 Å². The largest absolute Gasteiger partial charge is 0.434 e.